The van der Waals surface area contributed by atoms with Gasteiger partial charge in [-0.2, -0.15) is 5.26 Å². The van der Waals surface area contributed by atoms with Gasteiger partial charge in [-0.15, -0.1) is 0 Å². The molecule has 2 aromatic heterocycles. The van der Waals surface area contributed by atoms with Gasteiger partial charge < -0.3 is 9.72 Å². The molecule has 3 aromatic rings. The molecule has 22 heavy (non-hydrogen) atoms. The number of aromatic nitrogens is 2. The summed E-state index contributed by atoms with van der Waals surface area (Å²) in [4.78, 5) is 7.37. The van der Waals surface area contributed by atoms with Crippen LogP contribution in [0.4, 0.5) is 0 Å². The molecular formula is C18H15N3O. The maximum Gasteiger partial charge on any atom is 0.119 e. The molecule has 0 atom stereocenters. The van der Waals surface area contributed by atoms with Crippen LogP contribution < -0.4 is 4.74 Å². The molecule has 4 heteroatoms. The SMILES string of the molecule is COc1ccc2[nH]cc(/C(=C/C#N)Cc3cccnc3)c2c1. The number of nitrogens with one attached hydrogen (secondary N) is 1. The van der Waals surface area contributed by atoms with Crippen LogP contribution in [0.15, 0.2) is 55.0 Å². The van der Waals surface area contributed by atoms with Crippen molar-refractivity contribution in [3.8, 4) is 11.8 Å². The van der Waals surface area contributed by atoms with E-state index in [1.165, 1.54) is 0 Å². The second-order valence-corrected chi connectivity index (χ2v) is 4.95. The van der Waals surface area contributed by atoms with E-state index in [0.717, 1.165) is 33.4 Å². The van der Waals surface area contributed by atoms with Gasteiger partial charge in [0, 0.05) is 47.6 Å². The molecule has 0 amide bonds. The highest BCUT2D eigenvalue weighted by Gasteiger charge is 2.10. The highest BCUT2D eigenvalue weighted by atomic mass is 16.5. The molecule has 0 saturated heterocycles. The Labute approximate surface area is 128 Å². The lowest BCUT2D eigenvalue weighted by Crippen LogP contribution is -1.91. The Morgan fingerprint density at radius 1 is 1.41 bits per heavy atom. The van der Waals surface area contributed by atoms with Crippen LogP contribution in [0.25, 0.3) is 16.5 Å². The van der Waals surface area contributed by atoms with Gasteiger partial charge in [0.05, 0.1) is 13.2 Å². The van der Waals surface area contributed by atoms with Crippen molar-refractivity contribution in [2.75, 3.05) is 7.11 Å². The normalized spacial score (nSPS) is 11.4. The molecular weight excluding hydrogens is 274 g/mol. The van der Waals surface area contributed by atoms with E-state index in [2.05, 4.69) is 16.0 Å². The number of allylic oxidation sites excluding steroid dienone is 2. The highest BCUT2D eigenvalue weighted by Crippen LogP contribution is 2.30. The smallest absolute Gasteiger partial charge is 0.119 e. The number of nitrogens with zero attached hydrogens (tertiary/aromatic N) is 2. The summed E-state index contributed by atoms with van der Waals surface area (Å²) in [6, 6.07) is 11.9. The molecule has 0 radical (unpaired) electrons. The maximum atomic E-state index is 9.11. The lowest BCUT2D eigenvalue weighted by molar-refractivity contribution is 0.415. The Bertz CT molecular complexity index is 857. The summed E-state index contributed by atoms with van der Waals surface area (Å²) in [6.07, 6.45) is 7.75. The second kappa shape index (κ2) is 6.15. The Hall–Kier alpha value is -3.06. The summed E-state index contributed by atoms with van der Waals surface area (Å²) in [5, 5.41) is 10.2. The van der Waals surface area contributed by atoms with Crippen molar-refractivity contribution >= 4 is 16.5 Å². The van der Waals surface area contributed by atoms with Gasteiger partial charge in [-0.1, -0.05) is 6.07 Å². The van der Waals surface area contributed by atoms with Crippen LogP contribution >= 0.6 is 0 Å². The first-order valence-corrected chi connectivity index (χ1v) is 6.95. The van der Waals surface area contributed by atoms with E-state index in [1.807, 2.05) is 42.7 Å². The minimum absolute atomic E-state index is 0.658. The third kappa shape index (κ3) is 2.70. The molecule has 3 rings (SSSR count). The number of H-pyrrole nitrogens is 1. The molecule has 2 heterocycles. The molecule has 0 spiro atoms. The zero-order chi connectivity index (χ0) is 15.4. The number of fused-ring (bicyclic) bond motifs is 1. The van der Waals surface area contributed by atoms with Crippen molar-refractivity contribution < 1.29 is 4.74 Å². The first-order chi connectivity index (χ1) is 10.8. The lowest BCUT2D eigenvalue weighted by atomic mass is 9.98. The predicted molar refractivity (Wildman–Crippen MR) is 86.4 cm³/mol. The molecule has 0 bridgehead atoms. The van der Waals surface area contributed by atoms with Crippen LogP contribution in [0.1, 0.15) is 11.1 Å². The molecule has 0 aliphatic carbocycles. The van der Waals surface area contributed by atoms with Crippen molar-refractivity contribution in [2.24, 2.45) is 0 Å². The van der Waals surface area contributed by atoms with Crippen LogP contribution in [-0.2, 0) is 6.42 Å². The number of nitriles is 1. The van der Waals surface area contributed by atoms with Crippen molar-refractivity contribution in [1.29, 1.82) is 5.26 Å². The summed E-state index contributed by atoms with van der Waals surface area (Å²) in [5.74, 6) is 0.797. The van der Waals surface area contributed by atoms with E-state index in [9.17, 15) is 0 Å². The first kappa shape index (κ1) is 13.9. The number of methoxy groups -OCH3 is 1. The van der Waals surface area contributed by atoms with E-state index in [-0.39, 0.29) is 0 Å². The molecule has 0 aliphatic rings. The Kier molecular flexibility index (Phi) is 3.88. The molecule has 1 N–H and O–H groups in total. The summed E-state index contributed by atoms with van der Waals surface area (Å²) in [6.45, 7) is 0. The van der Waals surface area contributed by atoms with Crippen LogP contribution in [-0.4, -0.2) is 17.1 Å². The van der Waals surface area contributed by atoms with Gasteiger partial charge in [0.2, 0.25) is 0 Å². The molecule has 0 aliphatic heterocycles. The first-order valence-electron chi connectivity index (χ1n) is 6.95. The lowest BCUT2D eigenvalue weighted by Gasteiger charge is -2.06. The zero-order valence-corrected chi connectivity index (χ0v) is 12.2. The minimum Gasteiger partial charge on any atom is -0.497 e. The van der Waals surface area contributed by atoms with Gasteiger partial charge in [0.15, 0.2) is 0 Å². The van der Waals surface area contributed by atoms with Crippen molar-refractivity contribution in [2.45, 2.75) is 6.42 Å². The number of hydrogen-bond donors (Lipinski definition) is 1. The maximum absolute atomic E-state index is 9.11. The second-order valence-electron chi connectivity index (χ2n) is 4.95. The molecule has 108 valence electrons. The highest BCUT2D eigenvalue weighted by molar-refractivity contribution is 5.94. The number of aromatic amines is 1. The van der Waals surface area contributed by atoms with Gasteiger partial charge in [-0.25, -0.2) is 0 Å². The van der Waals surface area contributed by atoms with Crippen LogP contribution in [0, 0.1) is 11.3 Å². The third-order valence-electron chi connectivity index (χ3n) is 3.59. The van der Waals surface area contributed by atoms with Crippen molar-refractivity contribution in [3.63, 3.8) is 0 Å². The number of pyridine rings is 1. The predicted octanol–water partition coefficient (Wildman–Crippen LogP) is 3.72. The molecule has 0 unspecified atom stereocenters. The topological polar surface area (TPSA) is 61.7 Å². The van der Waals surface area contributed by atoms with Gasteiger partial charge in [-0.05, 0) is 35.4 Å². The fourth-order valence-electron chi connectivity index (χ4n) is 2.52. The largest absolute Gasteiger partial charge is 0.497 e. The van der Waals surface area contributed by atoms with E-state index in [1.54, 1.807) is 19.4 Å². The average Bonchev–Trinajstić information content (AvgIpc) is 2.98. The number of hydrogen-bond acceptors (Lipinski definition) is 3. The van der Waals surface area contributed by atoms with Crippen molar-refractivity contribution in [1.82, 2.24) is 9.97 Å². The third-order valence-corrected chi connectivity index (χ3v) is 3.59. The Morgan fingerprint density at radius 3 is 3.05 bits per heavy atom. The van der Waals surface area contributed by atoms with E-state index in [4.69, 9.17) is 10.00 Å². The fraction of sp³-hybridized carbons (Fsp3) is 0.111. The average molecular weight is 289 g/mol. The summed E-state index contributed by atoms with van der Waals surface area (Å²) >= 11 is 0. The molecule has 4 nitrogen and oxygen atoms in total. The quantitative estimate of drug-likeness (QED) is 0.744. The number of ether oxygens (including phenoxy) is 1. The molecule has 1 aromatic carbocycles. The summed E-state index contributed by atoms with van der Waals surface area (Å²) in [5.41, 5.74) is 4.06. The zero-order valence-electron chi connectivity index (χ0n) is 12.2. The minimum atomic E-state index is 0.658. The van der Waals surface area contributed by atoms with Crippen LogP contribution in [0.5, 0.6) is 5.75 Å². The van der Waals surface area contributed by atoms with Gasteiger partial charge in [-0.3, -0.25) is 4.98 Å². The van der Waals surface area contributed by atoms with Crippen molar-refractivity contribution in [3.05, 3.63) is 66.1 Å². The number of rotatable bonds is 4. The fourth-order valence-corrected chi connectivity index (χ4v) is 2.52. The van der Waals surface area contributed by atoms with Crippen LogP contribution in [0.2, 0.25) is 0 Å². The van der Waals surface area contributed by atoms with Gasteiger partial charge in [0.1, 0.15) is 5.75 Å². The van der Waals surface area contributed by atoms with Crippen LogP contribution in [0.3, 0.4) is 0 Å². The molecule has 0 saturated carbocycles. The Balaban J connectivity index is 2.06. The summed E-state index contributed by atoms with van der Waals surface area (Å²) < 4.78 is 5.30. The van der Waals surface area contributed by atoms with E-state index >= 15 is 0 Å². The monoisotopic (exact) mass is 289 g/mol. The van der Waals surface area contributed by atoms with E-state index in [0.29, 0.717) is 6.42 Å². The van der Waals surface area contributed by atoms with Gasteiger partial charge >= 0.3 is 0 Å². The molecule has 0 fully saturated rings. The summed E-state index contributed by atoms with van der Waals surface area (Å²) in [7, 11) is 1.65. The standard InChI is InChI=1S/C18H15N3O/c1-22-15-4-5-18-16(10-15)17(12-21-18)14(6-7-19)9-13-3-2-8-20-11-13/h2-6,8,10-12,21H,9H2,1H3/b14-6+. The Morgan fingerprint density at radius 2 is 2.32 bits per heavy atom. The van der Waals surface area contributed by atoms with E-state index < -0.39 is 0 Å². The number of benzene rings is 1. The van der Waals surface area contributed by atoms with Gasteiger partial charge in [0.25, 0.3) is 0 Å².